The number of hydrogen-bond donors (Lipinski definition) is 2. The molecule has 0 unspecified atom stereocenters. The molecule has 0 fully saturated rings. The van der Waals surface area contributed by atoms with E-state index < -0.39 is 22.9 Å². The first-order valence-corrected chi connectivity index (χ1v) is 8.85. The number of benzene rings is 2. The van der Waals surface area contributed by atoms with Crippen molar-refractivity contribution in [2.75, 3.05) is 5.32 Å². The van der Waals surface area contributed by atoms with Crippen molar-refractivity contribution in [1.29, 1.82) is 0 Å². The molecule has 146 valence electrons. The Kier molecular flexibility index (Phi) is 5.54. The number of phenols is 1. The highest BCUT2D eigenvalue weighted by molar-refractivity contribution is 8.00. The van der Waals surface area contributed by atoms with Crippen molar-refractivity contribution < 1.29 is 23.1 Å². The van der Waals surface area contributed by atoms with Crippen molar-refractivity contribution >= 4 is 23.4 Å². The number of hydrogen-bond acceptors (Lipinski definition) is 6. The van der Waals surface area contributed by atoms with Crippen LogP contribution < -0.4 is 5.32 Å². The summed E-state index contributed by atoms with van der Waals surface area (Å²) in [5, 5.41) is 22.4. The van der Waals surface area contributed by atoms with E-state index in [2.05, 4.69) is 20.8 Å². The number of alkyl halides is 3. The highest BCUT2D eigenvalue weighted by Gasteiger charge is 2.34. The van der Waals surface area contributed by atoms with Crippen LogP contribution in [0.1, 0.15) is 12.5 Å². The molecule has 1 heterocycles. The first-order chi connectivity index (χ1) is 13.3. The molecule has 7 nitrogen and oxygen atoms in total. The number of para-hydroxylation sites is 1. The standard InChI is InChI=1S/C17H14F3N5O2S/c1-10(15(27)21-14-5-3-2-4-13(14)17(18,19)20)28-16-22-23-24-25(16)11-6-8-12(26)9-7-11/h2-10,26H,1H3,(H,21,27)/t10-/m0/s1. The fourth-order valence-electron chi connectivity index (χ4n) is 2.29. The van der Waals surface area contributed by atoms with Gasteiger partial charge in [0.25, 0.3) is 0 Å². The zero-order valence-electron chi connectivity index (χ0n) is 14.4. The summed E-state index contributed by atoms with van der Waals surface area (Å²) in [6.07, 6.45) is -4.58. The van der Waals surface area contributed by atoms with Crippen LogP contribution in [0.15, 0.2) is 53.7 Å². The summed E-state index contributed by atoms with van der Waals surface area (Å²) < 4.78 is 40.6. The number of anilines is 1. The molecule has 0 saturated heterocycles. The number of aromatic hydroxyl groups is 1. The third-order valence-electron chi connectivity index (χ3n) is 3.68. The fraction of sp³-hybridized carbons (Fsp3) is 0.176. The third-order valence-corrected chi connectivity index (χ3v) is 4.71. The van der Waals surface area contributed by atoms with Crippen LogP contribution in [0, 0.1) is 0 Å². The van der Waals surface area contributed by atoms with Gasteiger partial charge in [-0.05, 0) is 53.7 Å². The minimum Gasteiger partial charge on any atom is -0.508 e. The Morgan fingerprint density at radius 1 is 1.18 bits per heavy atom. The maximum atomic E-state index is 13.1. The van der Waals surface area contributed by atoms with E-state index in [1.165, 1.54) is 41.9 Å². The number of aromatic nitrogens is 4. The number of halogens is 3. The van der Waals surface area contributed by atoms with E-state index in [4.69, 9.17) is 0 Å². The Morgan fingerprint density at radius 3 is 2.54 bits per heavy atom. The molecule has 11 heteroatoms. The molecule has 2 aromatic carbocycles. The van der Waals surface area contributed by atoms with Gasteiger partial charge in [0.15, 0.2) is 0 Å². The van der Waals surface area contributed by atoms with E-state index in [1.807, 2.05) is 0 Å². The van der Waals surface area contributed by atoms with Crippen LogP contribution in [0.5, 0.6) is 5.75 Å². The van der Waals surface area contributed by atoms with Crippen molar-refractivity contribution in [3.8, 4) is 11.4 Å². The molecule has 0 saturated carbocycles. The summed E-state index contributed by atoms with van der Waals surface area (Å²) in [7, 11) is 0. The molecule has 3 aromatic rings. The second kappa shape index (κ2) is 7.89. The maximum Gasteiger partial charge on any atom is 0.418 e. The number of tetrazole rings is 1. The molecule has 28 heavy (non-hydrogen) atoms. The summed E-state index contributed by atoms with van der Waals surface area (Å²) in [6.45, 7) is 1.53. The van der Waals surface area contributed by atoms with Crippen molar-refractivity contribution in [2.24, 2.45) is 0 Å². The van der Waals surface area contributed by atoms with E-state index in [0.29, 0.717) is 5.69 Å². The summed E-state index contributed by atoms with van der Waals surface area (Å²) in [4.78, 5) is 12.4. The number of nitrogens with one attached hydrogen (secondary N) is 1. The minimum absolute atomic E-state index is 0.0714. The molecule has 0 aliphatic rings. The van der Waals surface area contributed by atoms with Crippen molar-refractivity contribution in [2.45, 2.75) is 23.5 Å². The zero-order valence-corrected chi connectivity index (χ0v) is 15.2. The minimum atomic E-state index is -4.58. The summed E-state index contributed by atoms with van der Waals surface area (Å²) in [5.74, 6) is -0.552. The first kappa shape index (κ1) is 19.7. The molecule has 1 atom stereocenters. The Hall–Kier alpha value is -3.08. The molecule has 0 aliphatic heterocycles. The predicted molar refractivity (Wildman–Crippen MR) is 96.2 cm³/mol. The highest BCUT2D eigenvalue weighted by Crippen LogP contribution is 2.35. The topological polar surface area (TPSA) is 92.9 Å². The summed E-state index contributed by atoms with van der Waals surface area (Å²) >= 11 is 0.988. The third kappa shape index (κ3) is 4.42. The molecule has 1 amide bonds. The number of carbonyl (C=O) groups excluding carboxylic acids is 1. The maximum absolute atomic E-state index is 13.1. The number of nitrogens with zero attached hydrogens (tertiary/aromatic N) is 4. The number of rotatable bonds is 5. The van der Waals surface area contributed by atoms with Gasteiger partial charge in [0.2, 0.25) is 11.1 Å². The molecule has 0 aliphatic carbocycles. The lowest BCUT2D eigenvalue weighted by atomic mass is 10.1. The first-order valence-electron chi connectivity index (χ1n) is 7.97. The number of amides is 1. The predicted octanol–water partition coefficient (Wildman–Crippen LogP) is 3.51. The van der Waals surface area contributed by atoms with Gasteiger partial charge in [0.05, 0.1) is 22.2 Å². The van der Waals surface area contributed by atoms with Gasteiger partial charge >= 0.3 is 6.18 Å². The molecule has 0 spiro atoms. The lowest BCUT2D eigenvalue weighted by Crippen LogP contribution is -2.24. The second-order valence-electron chi connectivity index (χ2n) is 5.68. The van der Waals surface area contributed by atoms with Gasteiger partial charge in [-0.15, -0.1) is 5.10 Å². The average molecular weight is 409 g/mol. The zero-order chi connectivity index (χ0) is 20.3. The molecule has 0 bridgehead atoms. The van der Waals surface area contributed by atoms with Crippen LogP contribution in [0.25, 0.3) is 5.69 Å². The van der Waals surface area contributed by atoms with Crippen LogP contribution in [0.3, 0.4) is 0 Å². The number of phenolic OH excluding ortho intramolecular Hbond substituents is 1. The van der Waals surface area contributed by atoms with Crippen molar-refractivity contribution in [1.82, 2.24) is 20.2 Å². The van der Waals surface area contributed by atoms with Gasteiger partial charge < -0.3 is 10.4 Å². The van der Waals surface area contributed by atoms with Crippen molar-refractivity contribution in [3.63, 3.8) is 0 Å². The normalized spacial score (nSPS) is 12.6. The molecular formula is C17H14F3N5O2S. The smallest absolute Gasteiger partial charge is 0.418 e. The molecule has 3 rings (SSSR count). The Bertz CT molecular complexity index is 975. The Morgan fingerprint density at radius 2 is 1.86 bits per heavy atom. The SMILES string of the molecule is C[C@H](Sc1nnnn1-c1ccc(O)cc1)C(=O)Nc1ccccc1C(F)(F)F. The molecule has 0 radical (unpaired) electrons. The number of thioether (sulfide) groups is 1. The van der Waals surface area contributed by atoms with Gasteiger partial charge in [-0.2, -0.15) is 17.9 Å². The summed E-state index contributed by atoms with van der Waals surface area (Å²) in [6, 6.07) is 10.8. The Balaban J connectivity index is 1.75. The van der Waals surface area contributed by atoms with E-state index in [1.54, 1.807) is 12.1 Å². The van der Waals surface area contributed by atoms with E-state index >= 15 is 0 Å². The summed E-state index contributed by atoms with van der Waals surface area (Å²) in [5.41, 5.74) is -0.680. The van der Waals surface area contributed by atoms with E-state index in [-0.39, 0.29) is 16.6 Å². The Labute approximate surface area is 161 Å². The van der Waals surface area contributed by atoms with Crippen molar-refractivity contribution in [3.05, 3.63) is 54.1 Å². The van der Waals surface area contributed by atoms with Gasteiger partial charge in [0, 0.05) is 0 Å². The van der Waals surface area contributed by atoms with Gasteiger partial charge in [-0.1, -0.05) is 23.9 Å². The van der Waals surface area contributed by atoms with Gasteiger partial charge in [-0.3, -0.25) is 4.79 Å². The molecular weight excluding hydrogens is 395 g/mol. The van der Waals surface area contributed by atoms with Crippen LogP contribution in [0.4, 0.5) is 18.9 Å². The largest absolute Gasteiger partial charge is 0.508 e. The van der Waals surface area contributed by atoms with Crippen LogP contribution in [-0.4, -0.2) is 36.5 Å². The molecule has 1 aromatic heterocycles. The highest BCUT2D eigenvalue weighted by atomic mass is 32.2. The average Bonchev–Trinajstić information content (AvgIpc) is 3.10. The second-order valence-corrected chi connectivity index (χ2v) is 6.99. The van der Waals surface area contributed by atoms with Crippen LogP contribution in [0.2, 0.25) is 0 Å². The lowest BCUT2D eigenvalue weighted by molar-refractivity contribution is -0.137. The van der Waals surface area contributed by atoms with Gasteiger partial charge in [0.1, 0.15) is 5.75 Å². The monoisotopic (exact) mass is 409 g/mol. The quantitative estimate of drug-likeness (QED) is 0.627. The molecule has 2 N–H and O–H groups in total. The number of carbonyl (C=O) groups is 1. The lowest BCUT2D eigenvalue weighted by Gasteiger charge is -2.16. The van der Waals surface area contributed by atoms with E-state index in [9.17, 15) is 23.1 Å². The van der Waals surface area contributed by atoms with Crippen LogP contribution >= 0.6 is 11.8 Å². The van der Waals surface area contributed by atoms with Gasteiger partial charge in [-0.25, -0.2) is 0 Å². The fourth-order valence-corrected chi connectivity index (χ4v) is 3.10. The van der Waals surface area contributed by atoms with E-state index in [0.717, 1.165) is 17.8 Å². The van der Waals surface area contributed by atoms with Crippen LogP contribution in [-0.2, 0) is 11.0 Å².